The molecule has 0 N–H and O–H groups in total. The van der Waals surface area contributed by atoms with Crippen molar-refractivity contribution in [3.63, 3.8) is 0 Å². The molecule has 0 aromatic heterocycles. The summed E-state index contributed by atoms with van der Waals surface area (Å²) in [5.74, 6) is 0. The van der Waals surface area contributed by atoms with Crippen LogP contribution in [0.2, 0.25) is 0 Å². The Hall–Kier alpha value is 1.42. The van der Waals surface area contributed by atoms with E-state index in [4.69, 9.17) is 0 Å². The molecule has 1 radical (unpaired) electrons. The molecule has 0 aromatic rings. The minimum Gasteiger partial charge on any atom is -0.232 e. The van der Waals surface area contributed by atoms with Gasteiger partial charge < -0.3 is 0 Å². The van der Waals surface area contributed by atoms with Crippen molar-refractivity contribution in [1.82, 2.24) is 0 Å². The molecule has 2 unspecified atom stereocenters. The molecule has 0 saturated heterocycles. The van der Waals surface area contributed by atoms with Gasteiger partial charge in [0, 0.05) is 8.35 Å². The maximum absolute atomic E-state index is 11.2. The van der Waals surface area contributed by atoms with Gasteiger partial charge >= 0.3 is 0 Å². The first-order valence-electron chi connectivity index (χ1n) is 3.58. The summed E-state index contributed by atoms with van der Waals surface area (Å²) in [6.45, 7) is 2.12. The van der Waals surface area contributed by atoms with Gasteiger partial charge in [-0.05, 0) is 6.42 Å². The molecule has 0 heterocycles. The van der Waals surface area contributed by atoms with Gasteiger partial charge in [0.15, 0.2) is 0 Å². The van der Waals surface area contributed by atoms with Crippen LogP contribution in [-0.4, -0.2) is 14.5 Å². The van der Waals surface area contributed by atoms with Gasteiger partial charge in [0.2, 0.25) is 0 Å². The molecule has 0 aliphatic heterocycles. The largest absolute Gasteiger partial charge is 0.232 e. The highest BCUT2D eigenvalue weighted by molar-refractivity contribution is 14.1. The summed E-state index contributed by atoms with van der Waals surface area (Å²) in [5, 5.41) is 11.2. The maximum Gasteiger partial charge on any atom is 0.105 e. The van der Waals surface area contributed by atoms with Gasteiger partial charge in [-0.15, -0.1) is 0 Å². The van der Waals surface area contributed by atoms with Crippen molar-refractivity contribution in [3.8, 4) is 0 Å². The topological polar surface area (TPSA) is 19.9 Å². The predicted molar refractivity (Wildman–Crippen MR) is 60.7 cm³/mol. The number of hydrogen-bond donors (Lipinski definition) is 0. The van der Waals surface area contributed by atoms with E-state index in [1.165, 1.54) is 0 Å². The quantitative estimate of drug-likeness (QED) is 0.526. The molecule has 0 aromatic carbocycles. The van der Waals surface area contributed by atoms with E-state index in [-0.39, 0.29) is 6.10 Å². The first-order valence-corrected chi connectivity index (χ1v) is 6.35. The van der Waals surface area contributed by atoms with Crippen molar-refractivity contribution < 1.29 is 5.11 Å². The third kappa shape index (κ3) is 5.12. The Morgan fingerprint density at radius 1 is 1.50 bits per heavy atom. The molecule has 2 atom stereocenters. The Kier molecular flexibility index (Phi) is 8.10. The average molecular weight is 367 g/mol. The highest BCUT2D eigenvalue weighted by Gasteiger charge is 2.14. The molecule has 0 saturated carbocycles. The minimum absolute atomic E-state index is 0.324. The summed E-state index contributed by atoms with van der Waals surface area (Å²) in [6.07, 6.45) is 2.75. The van der Waals surface area contributed by atoms with Gasteiger partial charge in [0.05, 0.1) is 0 Å². The molecular weight excluding hydrogens is 354 g/mol. The van der Waals surface area contributed by atoms with Crippen molar-refractivity contribution in [1.29, 1.82) is 0 Å². The molecule has 10 heavy (non-hydrogen) atoms. The third-order valence-corrected chi connectivity index (χ3v) is 5.27. The Balaban J connectivity index is 3.31. The van der Waals surface area contributed by atoms with Crippen LogP contribution < -0.4 is 0 Å². The summed E-state index contributed by atoms with van der Waals surface area (Å²) in [6, 6.07) is 0. The Morgan fingerprint density at radius 2 is 2.10 bits per heavy atom. The first kappa shape index (κ1) is 11.4. The van der Waals surface area contributed by atoms with E-state index in [9.17, 15) is 5.11 Å². The predicted octanol–water partition coefficient (Wildman–Crippen LogP) is 3.21. The van der Waals surface area contributed by atoms with E-state index in [0.29, 0.717) is 3.92 Å². The van der Waals surface area contributed by atoms with Gasteiger partial charge in [-0.1, -0.05) is 64.9 Å². The number of halogens is 2. The molecule has 61 valence electrons. The highest BCUT2D eigenvalue weighted by Crippen LogP contribution is 2.15. The lowest BCUT2D eigenvalue weighted by molar-refractivity contribution is 0.0856. The lowest BCUT2D eigenvalue weighted by atomic mass is 10.1. The van der Waals surface area contributed by atoms with Crippen LogP contribution in [0.25, 0.3) is 0 Å². The van der Waals surface area contributed by atoms with Gasteiger partial charge in [-0.3, -0.25) is 0 Å². The Bertz CT molecular complexity index is 78.0. The lowest BCUT2D eigenvalue weighted by Crippen LogP contribution is -2.19. The van der Waals surface area contributed by atoms with Crippen molar-refractivity contribution in [3.05, 3.63) is 0 Å². The van der Waals surface area contributed by atoms with Crippen LogP contribution in [0, 0.1) is 0 Å². The van der Waals surface area contributed by atoms with Gasteiger partial charge in [-0.25, -0.2) is 5.11 Å². The van der Waals surface area contributed by atoms with E-state index >= 15 is 0 Å². The fourth-order valence-electron chi connectivity index (χ4n) is 0.686. The fraction of sp³-hybridized carbons (Fsp3) is 1.00. The van der Waals surface area contributed by atoms with Crippen LogP contribution in [0.3, 0.4) is 0 Å². The van der Waals surface area contributed by atoms with Crippen LogP contribution in [0.1, 0.15) is 26.2 Å². The minimum atomic E-state index is -0.336. The zero-order valence-corrected chi connectivity index (χ0v) is 10.5. The monoisotopic (exact) mass is 367 g/mol. The second-order valence-corrected chi connectivity index (χ2v) is 4.83. The average Bonchev–Trinajstić information content (AvgIpc) is 1.98. The molecule has 0 rings (SSSR count). The number of unbranched alkanes of at least 4 members (excludes halogenated alkanes) is 1. The molecule has 3 heteroatoms. The van der Waals surface area contributed by atoms with Crippen molar-refractivity contribution in [2.24, 2.45) is 0 Å². The van der Waals surface area contributed by atoms with E-state index in [1.807, 2.05) is 0 Å². The Morgan fingerprint density at radius 3 is 2.50 bits per heavy atom. The van der Waals surface area contributed by atoms with Crippen LogP contribution in [0.5, 0.6) is 0 Å². The lowest BCUT2D eigenvalue weighted by Gasteiger charge is -2.11. The standard InChI is InChI=1S/C7H13I2O/c1-2-3-4-7(10)6(9)5-8/h6-7H,2-5H2,1H3. The molecule has 0 aliphatic carbocycles. The van der Waals surface area contributed by atoms with Crippen molar-refractivity contribution in [2.45, 2.75) is 36.2 Å². The number of rotatable bonds is 5. The zero-order chi connectivity index (χ0) is 7.98. The van der Waals surface area contributed by atoms with Crippen molar-refractivity contribution >= 4 is 45.2 Å². The fourth-order valence-corrected chi connectivity index (χ4v) is 1.61. The number of hydrogen-bond acceptors (Lipinski definition) is 0. The number of alkyl halides is 2. The normalized spacial score (nSPS) is 16.8. The van der Waals surface area contributed by atoms with E-state index < -0.39 is 0 Å². The SMILES string of the molecule is CCCCC([O])C(I)CI. The van der Waals surface area contributed by atoms with Crippen LogP contribution in [-0.2, 0) is 5.11 Å². The molecular formula is C7H13I2O. The van der Waals surface area contributed by atoms with Gasteiger partial charge in [-0.2, -0.15) is 0 Å². The molecule has 0 fully saturated rings. The molecule has 0 spiro atoms. The molecule has 0 amide bonds. The van der Waals surface area contributed by atoms with Crippen LogP contribution >= 0.6 is 45.2 Å². The summed E-state index contributed by atoms with van der Waals surface area (Å²) in [7, 11) is 0. The second-order valence-electron chi connectivity index (χ2n) is 2.35. The first-order chi connectivity index (χ1) is 4.72. The summed E-state index contributed by atoms with van der Waals surface area (Å²) < 4.78 is 1.31. The smallest absolute Gasteiger partial charge is 0.105 e. The van der Waals surface area contributed by atoms with Crippen LogP contribution in [0.4, 0.5) is 0 Å². The van der Waals surface area contributed by atoms with E-state index in [2.05, 4.69) is 52.1 Å². The molecule has 0 bridgehead atoms. The van der Waals surface area contributed by atoms with Gasteiger partial charge in [0.1, 0.15) is 6.10 Å². The summed E-state index contributed by atoms with van der Waals surface area (Å²) in [4.78, 5) is 0. The second kappa shape index (κ2) is 7.09. The van der Waals surface area contributed by atoms with E-state index in [1.54, 1.807) is 0 Å². The molecule has 1 nitrogen and oxygen atoms in total. The zero-order valence-electron chi connectivity index (χ0n) is 6.15. The van der Waals surface area contributed by atoms with E-state index in [0.717, 1.165) is 23.7 Å². The summed E-state index contributed by atoms with van der Waals surface area (Å²) in [5.41, 5.74) is 0. The Labute approximate surface area is 90.2 Å². The van der Waals surface area contributed by atoms with Crippen LogP contribution in [0.15, 0.2) is 0 Å². The molecule has 0 aliphatic rings. The highest BCUT2D eigenvalue weighted by atomic mass is 127. The maximum atomic E-state index is 11.2. The third-order valence-electron chi connectivity index (χ3n) is 1.39. The summed E-state index contributed by atoms with van der Waals surface area (Å²) >= 11 is 4.52. The van der Waals surface area contributed by atoms with Crippen molar-refractivity contribution in [2.75, 3.05) is 4.43 Å². The van der Waals surface area contributed by atoms with Gasteiger partial charge in [0.25, 0.3) is 0 Å².